The summed E-state index contributed by atoms with van der Waals surface area (Å²) in [7, 11) is -1.12. The molecular weight excluding hydrogens is 525 g/mol. The standard InChI is InChI=1S/C20H38NP.C16H14.Ti/c1-4-7-12-17-22(18-13-8-5-2,19-14-9-6-3)21-20-15-10-11-16-20;1-13(15-9-5-3-6-10-15)14(2)16-11-7-4-8-12-16;/h10-11,15H,4-9,12-14,16-19H2,1-3H3;3-12H,1-2H2;. The van der Waals surface area contributed by atoms with Crippen LogP contribution in [-0.4, -0.2) is 18.5 Å². The van der Waals surface area contributed by atoms with Gasteiger partial charge < -0.3 is 0 Å². The van der Waals surface area contributed by atoms with E-state index in [1.54, 1.807) is 0 Å². The molecule has 0 saturated heterocycles. The second kappa shape index (κ2) is 21.1. The minimum Gasteiger partial charge on any atom is -0.272 e. The van der Waals surface area contributed by atoms with Crippen LogP contribution in [0, 0.1) is 0 Å². The summed E-state index contributed by atoms with van der Waals surface area (Å²) in [6, 6.07) is 20.3. The largest absolute Gasteiger partial charge is 0.272 e. The Hall–Kier alpha value is -1.66. The maximum Gasteiger partial charge on any atom is 0.0425 e. The molecule has 3 rings (SSSR count). The van der Waals surface area contributed by atoms with E-state index in [9.17, 15) is 0 Å². The number of allylic oxidation sites excluding steroid dienone is 5. The molecule has 0 atom stereocenters. The van der Waals surface area contributed by atoms with Gasteiger partial charge in [0, 0.05) is 33.8 Å². The van der Waals surface area contributed by atoms with Crippen molar-refractivity contribution in [1.82, 2.24) is 0 Å². The Balaban J connectivity index is 0.000000396. The van der Waals surface area contributed by atoms with Crippen molar-refractivity contribution in [2.75, 3.05) is 18.5 Å². The van der Waals surface area contributed by atoms with Gasteiger partial charge in [-0.1, -0.05) is 145 Å². The smallest absolute Gasteiger partial charge is 0.0425 e. The molecule has 0 spiro atoms. The summed E-state index contributed by atoms with van der Waals surface area (Å²) < 4.78 is 5.43. The summed E-state index contributed by atoms with van der Waals surface area (Å²) in [4.78, 5) is 0. The number of rotatable bonds is 16. The summed E-state index contributed by atoms with van der Waals surface area (Å²) in [5.41, 5.74) is 5.57. The number of hydrogen-bond donors (Lipinski definition) is 0. The van der Waals surface area contributed by atoms with E-state index in [1.165, 1.54) is 82.0 Å². The van der Waals surface area contributed by atoms with E-state index in [1.807, 2.05) is 36.4 Å². The van der Waals surface area contributed by atoms with Gasteiger partial charge in [-0.05, 0) is 73.2 Å². The van der Waals surface area contributed by atoms with Gasteiger partial charge in [0.15, 0.2) is 0 Å². The molecule has 39 heavy (non-hydrogen) atoms. The van der Waals surface area contributed by atoms with Gasteiger partial charge >= 0.3 is 0 Å². The third kappa shape index (κ3) is 13.5. The Morgan fingerprint density at radius 1 is 0.667 bits per heavy atom. The molecule has 1 aliphatic carbocycles. The first-order chi connectivity index (χ1) is 18.5. The quantitative estimate of drug-likeness (QED) is 0.0814. The average molecular weight is 578 g/mol. The molecule has 1 aliphatic rings. The predicted octanol–water partition coefficient (Wildman–Crippen LogP) is 12.0. The second-order valence-electron chi connectivity index (χ2n) is 10.5. The normalized spacial score (nSPS) is 12.1. The van der Waals surface area contributed by atoms with Gasteiger partial charge in [-0.15, -0.1) is 0 Å². The summed E-state index contributed by atoms with van der Waals surface area (Å²) in [6.45, 7) is 15.1. The van der Waals surface area contributed by atoms with Crippen LogP contribution >= 0.6 is 7.05 Å². The molecule has 0 aliphatic heterocycles. The number of nitrogens with zero attached hydrogens (tertiary/aromatic N) is 1. The summed E-state index contributed by atoms with van der Waals surface area (Å²) in [5, 5.41) is 0. The van der Waals surface area contributed by atoms with Crippen molar-refractivity contribution in [2.24, 2.45) is 4.74 Å². The number of benzene rings is 2. The van der Waals surface area contributed by atoms with E-state index in [4.69, 9.17) is 4.74 Å². The van der Waals surface area contributed by atoms with Crippen LogP contribution in [0.1, 0.15) is 96.1 Å². The van der Waals surface area contributed by atoms with Crippen LogP contribution in [0.15, 0.2) is 102 Å². The molecule has 210 valence electrons. The van der Waals surface area contributed by atoms with Gasteiger partial charge in [0.2, 0.25) is 0 Å². The van der Waals surface area contributed by atoms with Crippen molar-refractivity contribution < 1.29 is 21.7 Å². The van der Waals surface area contributed by atoms with Gasteiger partial charge in [0.25, 0.3) is 0 Å². The van der Waals surface area contributed by atoms with Gasteiger partial charge in [0.05, 0.1) is 0 Å². The molecule has 1 nitrogen and oxygen atoms in total. The molecule has 0 fully saturated rings. The van der Waals surface area contributed by atoms with Crippen molar-refractivity contribution in [2.45, 2.75) is 85.0 Å². The van der Waals surface area contributed by atoms with Crippen LogP contribution in [0.4, 0.5) is 0 Å². The van der Waals surface area contributed by atoms with Crippen LogP contribution in [0.25, 0.3) is 11.1 Å². The van der Waals surface area contributed by atoms with Crippen LogP contribution < -0.4 is 0 Å². The Morgan fingerprint density at radius 3 is 1.41 bits per heavy atom. The topological polar surface area (TPSA) is 12.4 Å². The predicted molar refractivity (Wildman–Crippen MR) is 175 cm³/mol. The van der Waals surface area contributed by atoms with Crippen molar-refractivity contribution in [3.8, 4) is 0 Å². The maximum atomic E-state index is 5.43. The van der Waals surface area contributed by atoms with Gasteiger partial charge in [-0.2, -0.15) is 0 Å². The molecule has 0 bridgehead atoms. The number of unbranched alkanes of at least 4 members (excludes halogenated alkanes) is 6. The van der Waals surface area contributed by atoms with Crippen LogP contribution in [0.3, 0.4) is 0 Å². The third-order valence-electron chi connectivity index (χ3n) is 7.23. The fraction of sp³-hybridized carbons (Fsp3) is 0.444. The van der Waals surface area contributed by atoms with E-state index in [2.05, 4.69) is 76.4 Å². The molecule has 0 aromatic heterocycles. The summed E-state index contributed by atoms with van der Waals surface area (Å²) in [6.07, 6.45) is 24.3. The minimum atomic E-state index is -1.12. The molecule has 0 radical (unpaired) electrons. The Kier molecular flexibility index (Phi) is 19.2. The molecule has 0 saturated carbocycles. The third-order valence-corrected chi connectivity index (χ3v) is 11.4. The zero-order chi connectivity index (χ0) is 27.5. The first-order valence-electron chi connectivity index (χ1n) is 15.0. The monoisotopic (exact) mass is 577 g/mol. The average Bonchev–Trinajstić information content (AvgIpc) is 3.47. The second-order valence-corrected chi connectivity index (χ2v) is 14.2. The Bertz CT molecular complexity index is 983. The van der Waals surface area contributed by atoms with Crippen LogP contribution in [0.2, 0.25) is 0 Å². The van der Waals surface area contributed by atoms with E-state index < -0.39 is 7.05 Å². The van der Waals surface area contributed by atoms with Crippen molar-refractivity contribution >= 4 is 18.2 Å². The van der Waals surface area contributed by atoms with E-state index in [0.717, 1.165) is 28.7 Å². The van der Waals surface area contributed by atoms with Crippen molar-refractivity contribution in [1.29, 1.82) is 0 Å². The van der Waals surface area contributed by atoms with Gasteiger partial charge in [0.1, 0.15) is 0 Å². The molecule has 2 aromatic rings. The zero-order valence-electron chi connectivity index (χ0n) is 25.0. The SMILES string of the molecule is C=C(C(=C)c1ccccc1)c1ccccc1.CCCCCP(CCCCC)(CCCCC)=NC1=CC=CC1.[Ti]. The van der Waals surface area contributed by atoms with Gasteiger partial charge in [-0.25, -0.2) is 0 Å². The van der Waals surface area contributed by atoms with E-state index in [0.29, 0.717) is 0 Å². The van der Waals surface area contributed by atoms with Crippen LogP contribution in [-0.2, 0) is 21.7 Å². The summed E-state index contributed by atoms with van der Waals surface area (Å²) >= 11 is 0. The van der Waals surface area contributed by atoms with E-state index in [-0.39, 0.29) is 21.7 Å². The van der Waals surface area contributed by atoms with Crippen molar-refractivity contribution in [3.05, 3.63) is 109 Å². The molecular formula is C36H52NPTi. The molecule has 0 unspecified atom stereocenters. The summed E-state index contributed by atoms with van der Waals surface area (Å²) in [5.74, 6) is 0. The molecule has 0 heterocycles. The molecule has 0 amide bonds. The minimum absolute atomic E-state index is 0. The Morgan fingerprint density at radius 2 is 1.08 bits per heavy atom. The first kappa shape index (κ1) is 35.4. The molecule has 0 N–H and O–H groups in total. The van der Waals surface area contributed by atoms with Crippen molar-refractivity contribution in [3.63, 3.8) is 0 Å². The fourth-order valence-electron chi connectivity index (χ4n) is 4.86. The van der Waals surface area contributed by atoms with E-state index >= 15 is 0 Å². The zero-order valence-corrected chi connectivity index (χ0v) is 27.5. The Labute approximate surface area is 255 Å². The molecule has 3 heteroatoms. The fourth-order valence-corrected chi connectivity index (χ4v) is 8.96. The number of hydrogen-bond acceptors (Lipinski definition) is 1. The maximum absolute atomic E-state index is 5.43. The molecule has 2 aromatic carbocycles. The van der Waals surface area contributed by atoms with Crippen LogP contribution in [0.5, 0.6) is 0 Å². The first-order valence-corrected chi connectivity index (χ1v) is 17.3. The van der Waals surface area contributed by atoms with Gasteiger partial charge in [-0.3, -0.25) is 4.74 Å².